The number of rotatable bonds is 9. The lowest BCUT2D eigenvalue weighted by atomic mass is 10.1. The standard InChI is InChI=1S/C33H34Cl2N8O4/c1-23-36-21-42(38-23)20-33(30-12-3-24(34)17-31(30)35)46-19-29(47-33)18-45-28-10-8-26(9-11-28)41-15-13-40(14-16-41)25-4-6-27(7-5-25)43-22-37-39(2)32(43)44/h3-12,17,21-22,29H,13-16,18-20H2,1-2H3/t29-,33-/m1/s1. The molecule has 2 aliphatic heterocycles. The van der Waals surface area contributed by atoms with E-state index >= 15 is 0 Å². The molecular formula is C33H34Cl2N8O4. The Kier molecular flexibility index (Phi) is 8.67. The Morgan fingerprint density at radius 3 is 2.17 bits per heavy atom. The second-order valence-electron chi connectivity index (χ2n) is 11.6. The molecular weight excluding hydrogens is 643 g/mol. The van der Waals surface area contributed by atoms with Crippen molar-refractivity contribution in [1.82, 2.24) is 29.1 Å². The first-order valence-corrected chi connectivity index (χ1v) is 16.1. The Morgan fingerprint density at radius 2 is 1.57 bits per heavy atom. The average molecular weight is 678 g/mol. The molecule has 7 rings (SSSR count). The van der Waals surface area contributed by atoms with E-state index in [2.05, 4.69) is 49.2 Å². The SMILES string of the molecule is Cc1ncn(C[C@@]2(c3ccc(Cl)cc3Cl)OC[C@@H](COc3ccc(N4CCN(c5ccc(-n6cnn(C)c6=O)cc5)CC4)cc3)O2)n1. The number of aromatic nitrogens is 6. The maximum Gasteiger partial charge on any atom is 0.350 e. The normalized spacial score (nSPS) is 19.8. The fourth-order valence-electron chi connectivity index (χ4n) is 5.98. The van der Waals surface area contributed by atoms with Crippen LogP contribution in [0.1, 0.15) is 11.4 Å². The highest BCUT2D eigenvalue weighted by Gasteiger charge is 2.45. The highest BCUT2D eigenvalue weighted by atomic mass is 35.5. The largest absolute Gasteiger partial charge is 0.491 e. The molecule has 0 spiro atoms. The zero-order valence-electron chi connectivity index (χ0n) is 26.0. The Labute approximate surface area is 281 Å². The van der Waals surface area contributed by atoms with Gasteiger partial charge in [-0.2, -0.15) is 10.2 Å². The molecule has 0 radical (unpaired) electrons. The summed E-state index contributed by atoms with van der Waals surface area (Å²) in [5, 5.41) is 9.43. The molecule has 5 aromatic rings. The highest BCUT2D eigenvalue weighted by Crippen LogP contribution is 2.40. The summed E-state index contributed by atoms with van der Waals surface area (Å²) in [5.74, 6) is 0.234. The summed E-state index contributed by atoms with van der Waals surface area (Å²) in [5.41, 5.74) is 3.57. The van der Waals surface area contributed by atoms with Gasteiger partial charge in [0.2, 0.25) is 5.79 Å². The molecule has 0 aliphatic carbocycles. The predicted molar refractivity (Wildman–Crippen MR) is 179 cm³/mol. The lowest BCUT2D eigenvalue weighted by Crippen LogP contribution is -2.46. The molecule has 0 saturated carbocycles. The van der Waals surface area contributed by atoms with Crippen molar-refractivity contribution in [3.8, 4) is 11.4 Å². The molecule has 14 heteroatoms. The van der Waals surface area contributed by atoms with Crippen molar-refractivity contribution >= 4 is 34.6 Å². The molecule has 2 atom stereocenters. The van der Waals surface area contributed by atoms with E-state index in [1.54, 1.807) is 30.2 Å². The lowest BCUT2D eigenvalue weighted by Gasteiger charge is -2.37. The van der Waals surface area contributed by atoms with Crippen LogP contribution in [0.25, 0.3) is 5.69 Å². The predicted octanol–water partition coefficient (Wildman–Crippen LogP) is 4.45. The molecule has 12 nitrogen and oxygen atoms in total. The number of anilines is 2. The van der Waals surface area contributed by atoms with E-state index in [9.17, 15) is 4.79 Å². The van der Waals surface area contributed by atoms with Gasteiger partial charge in [0.1, 0.15) is 43.5 Å². The summed E-state index contributed by atoms with van der Waals surface area (Å²) in [6.45, 7) is 6.26. The van der Waals surface area contributed by atoms with Crippen LogP contribution in [0.5, 0.6) is 5.75 Å². The minimum Gasteiger partial charge on any atom is -0.491 e. The first-order valence-electron chi connectivity index (χ1n) is 15.3. The Hall–Kier alpha value is -4.36. The number of ether oxygens (including phenoxy) is 3. The average Bonchev–Trinajstić information content (AvgIpc) is 3.79. The fourth-order valence-corrected chi connectivity index (χ4v) is 6.53. The van der Waals surface area contributed by atoms with Crippen LogP contribution in [0.4, 0.5) is 11.4 Å². The smallest absolute Gasteiger partial charge is 0.350 e. The zero-order valence-corrected chi connectivity index (χ0v) is 27.5. The van der Waals surface area contributed by atoms with Gasteiger partial charge in [0.15, 0.2) is 0 Å². The number of nitrogens with zero attached hydrogens (tertiary/aromatic N) is 8. The molecule has 2 saturated heterocycles. The summed E-state index contributed by atoms with van der Waals surface area (Å²) in [4.78, 5) is 21.2. The van der Waals surface area contributed by atoms with Crippen LogP contribution in [-0.2, 0) is 28.9 Å². The van der Waals surface area contributed by atoms with Crippen LogP contribution in [0.2, 0.25) is 10.0 Å². The fraction of sp³-hybridized carbons (Fsp3) is 0.333. The van der Waals surface area contributed by atoms with Gasteiger partial charge < -0.3 is 24.0 Å². The molecule has 0 N–H and O–H groups in total. The zero-order chi connectivity index (χ0) is 32.5. The van der Waals surface area contributed by atoms with Gasteiger partial charge in [-0.3, -0.25) is 0 Å². The monoisotopic (exact) mass is 676 g/mol. The third-order valence-corrected chi connectivity index (χ3v) is 9.00. The van der Waals surface area contributed by atoms with Crippen LogP contribution in [0, 0.1) is 6.92 Å². The molecule has 0 unspecified atom stereocenters. The summed E-state index contributed by atoms with van der Waals surface area (Å²) in [6.07, 6.45) is 2.85. The maximum absolute atomic E-state index is 12.2. The van der Waals surface area contributed by atoms with E-state index < -0.39 is 5.79 Å². The number of benzene rings is 3. The summed E-state index contributed by atoms with van der Waals surface area (Å²) < 4.78 is 23.5. The van der Waals surface area contributed by atoms with Crippen LogP contribution in [0.3, 0.4) is 0 Å². The van der Waals surface area contributed by atoms with E-state index in [-0.39, 0.29) is 18.3 Å². The van der Waals surface area contributed by atoms with Crippen LogP contribution in [0.15, 0.2) is 84.2 Å². The van der Waals surface area contributed by atoms with E-state index in [4.69, 9.17) is 37.4 Å². The molecule has 47 heavy (non-hydrogen) atoms. The van der Waals surface area contributed by atoms with Gasteiger partial charge in [-0.1, -0.05) is 29.3 Å². The molecule has 244 valence electrons. The number of hydrogen-bond donors (Lipinski definition) is 0. The van der Waals surface area contributed by atoms with Gasteiger partial charge in [0, 0.05) is 55.2 Å². The Balaban J connectivity index is 0.939. The van der Waals surface area contributed by atoms with Gasteiger partial charge in [0.25, 0.3) is 0 Å². The second-order valence-corrected chi connectivity index (χ2v) is 12.5. The number of aryl methyl sites for hydroxylation is 2. The van der Waals surface area contributed by atoms with Crippen LogP contribution < -0.4 is 20.2 Å². The van der Waals surface area contributed by atoms with Crippen molar-refractivity contribution in [3.63, 3.8) is 0 Å². The van der Waals surface area contributed by atoms with Crippen molar-refractivity contribution in [2.75, 3.05) is 49.2 Å². The molecule has 0 bridgehead atoms. The molecule has 0 amide bonds. The van der Waals surface area contributed by atoms with Gasteiger partial charge in [-0.15, -0.1) is 0 Å². The number of piperazine rings is 1. The second kappa shape index (κ2) is 13.0. The van der Waals surface area contributed by atoms with E-state index in [1.807, 2.05) is 37.3 Å². The molecule has 3 aromatic carbocycles. The van der Waals surface area contributed by atoms with Gasteiger partial charge in [0.05, 0.1) is 17.3 Å². The lowest BCUT2D eigenvalue weighted by molar-refractivity contribution is -0.190. The molecule has 2 aromatic heterocycles. The molecule has 2 aliphatic rings. The minimum absolute atomic E-state index is 0.167. The van der Waals surface area contributed by atoms with Crippen molar-refractivity contribution < 1.29 is 14.2 Å². The summed E-state index contributed by atoms with van der Waals surface area (Å²) in [7, 11) is 1.64. The first kappa shape index (κ1) is 31.3. The third-order valence-electron chi connectivity index (χ3n) is 8.46. The van der Waals surface area contributed by atoms with Crippen molar-refractivity contribution in [3.05, 3.63) is 111 Å². The van der Waals surface area contributed by atoms with Crippen molar-refractivity contribution in [1.29, 1.82) is 0 Å². The molecule has 4 heterocycles. The molecule has 2 fully saturated rings. The number of halogens is 2. The van der Waals surface area contributed by atoms with Crippen molar-refractivity contribution in [2.24, 2.45) is 7.05 Å². The van der Waals surface area contributed by atoms with E-state index in [0.29, 0.717) is 34.6 Å². The third kappa shape index (κ3) is 6.59. The highest BCUT2D eigenvalue weighted by molar-refractivity contribution is 6.35. The van der Waals surface area contributed by atoms with Gasteiger partial charge in [-0.25, -0.2) is 23.7 Å². The van der Waals surface area contributed by atoms with Crippen LogP contribution >= 0.6 is 23.2 Å². The van der Waals surface area contributed by atoms with Gasteiger partial charge in [-0.05, 0) is 67.6 Å². The van der Waals surface area contributed by atoms with Crippen LogP contribution in [-0.4, -0.2) is 74.6 Å². The quantitative estimate of drug-likeness (QED) is 0.224. The van der Waals surface area contributed by atoms with E-state index in [1.165, 1.54) is 15.6 Å². The van der Waals surface area contributed by atoms with Crippen molar-refractivity contribution in [2.45, 2.75) is 25.4 Å². The minimum atomic E-state index is -1.16. The number of hydrogen-bond acceptors (Lipinski definition) is 9. The summed E-state index contributed by atoms with van der Waals surface area (Å²) in [6, 6.07) is 21.4. The Morgan fingerprint density at radius 1 is 0.915 bits per heavy atom. The maximum atomic E-state index is 12.2. The summed E-state index contributed by atoms with van der Waals surface area (Å²) >= 11 is 12.8. The Bertz CT molecular complexity index is 1900. The first-order chi connectivity index (χ1) is 22.8. The topological polar surface area (TPSA) is 105 Å². The van der Waals surface area contributed by atoms with Gasteiger partial charge >= 0.3 is 5.69 Å². The van der Waals surface area contributed by atoms with E-state index in [0.717, 1.165) is 49.0 Å².